The predicted octanol–water partition coefficient (Wildman–Crippen LogP) is 5.23. The standard InChI is InChI=1S/C16Br2F4N4O/c17-9-11(19)7(5(1-23)2-24)13(21)15(9)27-16-10(18)12(20)8(14(16)22)6(3-25)4-26. The molecule has 11 heteroatoms. The molecule has 0 aromatic rings. The van der Waals surface area contributed by atoms with Gasteiger partial charge in [-0.3, -0.25) is 0 Å². The van der Waals surface area contributed by atoms with E-state index in [-0.39, 0.29) is 0 Å². The molecular formula is C16Br2F4N4O. The summed E-state index contributed by atoms with van der Waals surface area (Å²) in [4.78, 5) is 0. The molecule has 27 heavy (non-hydrogen) atoms. The highest BCUT2D eigenvalue weighted by molar-refractivity contribution is 9.12. The van der Waals surface area contributed by atoms with Gasteiger partial charge in [-0.05, 0) is 31.9 Å². The fourth-order valence-corrected chi connectivity index (χ4v) is 2.93. The lowest BCUT2D eigenvalue weighted by atomic mass is 10.1. The van der Waals surface area contributed by atoms with Crippen LogP contribution in [0.15, 0.2) is 66.1 Å². The van der Waals surface area contributed by atoms with Gasteiger partial charge in [-0.15, -0.1) is 0 Å². The molecule has 0 N–H and O–H groups in total. The summed E-state index contributed by atoms with van der Waals surface area (Å²) in [6.07, 6.45) is 0. The number of allylic oxidation sites excluding steroid dienone is 10. The molecule has 0 aliphatic heterocycles. The number of nitrogens with zero attached hydrogens (tertiary/aromatic N) is 4. The van der Waals surface area contributed by atoms with Gasteiger partial charge in [0.05, 0.1) is 20.1 Å². The average molecular weight is 500 g/mol. The van der Waals surface area contributed by atoms with Gasteiger partial charge in [0.15, 0.2) is 34.8 Å². The molecule has 0 saturated carbocycles. The van der Waals surface area contributed by atoms with Gasteiger partial charge in [0.2, 0.25) is 0 Å². The van der Waals surface area contributed by atoms with E-state index in [9.17, 15) is 17.6 Å². The Morgan fingerprint density at radius 2 is 0.926 bits per heavy atom. The molecule has 0 fully saturated rings. The SMILES string of the molecule is N#CC(C#N)=C1C(F)=C(Br)C(OC2=C(F)C(=C(C#N)C#N)C(F)=C2Br)=C1F. The number of nitriles is 4. The van der Waals surface area contributed by atoms with Gasteiger partial charge in [0.25, 0.3) is 0 Å². The summed E-state index contributed by atoms with van der Waals surface area (Å²) in [6.45, 7) is 0. The lowest BCUT2D eigenvalue weighted by Crippen LogP contribution is -1.95. The van der Waals surface area contributed by atoms with Crippen LogP contribution in [-0.2, 0) is 4.74 Å². The summed E-state index contributed by atoms with van der Waals surface area (Å²) in [5.74, 6) is -7.64. The zero-order valence-electron chi connectivity index (χ0n) is 12.5. The van der Waals surface area contributed by atoms with E-state index in [1.54, 1.807) is 0 Å². The third-order valence-corrected chi connectivity index (χ3v) is 4.63. The monoisotopic (exact) mass is 498 g/mol. The maximum Gasteiger partial charge on any atom is 0.181 e. The largest absolute Gasteiger partial charge is 0.449 e. The number of halogens is 6. The Kier molecular flexibility index (Phi) is 5.71. The van der Waals surface area contributed by atoms with Crippen molar-refractivity contribution in [3.8, 4) is 24.3 Å². The molecule has 0 atom stereocenters. The van der Waals surface area contributed by atoms with Gasteiger partial charge in [-0.25, -0.2) is 17.6 Å². The van der Waals surface area contributed by atoms with Gasteiger partial charge >= 0.3 is 0 Å². The molecule has 0 amide bonds. The Hall–Kier alpha value is -3.12. The first-order valence-electron chi connectivity index (χ1n) is 6.44. The lowest BCUT2D eigenvalue weighted by Gasteiger charge is -2.08. The van der Waals surface area contributed by atoms with Gasteiger partial charge < -0.3 is 4.74 Å². The Labute approximate surface area is 165 Å². The third-order valence-electron chi connectivity index (χ3n) is 3.21. The van der Waals surface area contributed by atoms with Gasteiger partial charge in [0.1, 0.15) is 35.4 Å². The molecule has 0 saturated heterocycles. The van der Waals surface area contributed by atoms with Crippen LogP contribution in [0.1, 0.15) is 0 Å². The fourth-order valence-electron chi connectivity index (χ4n) is 2.03. The van der Waals surface area contributed by atoms with E-state index >= 15 is 0 Å². The summed E-state index contributed by atoms with van der Waals surface area (Å²) in [5.41, 5.74) is -3.82. The number of rotatable bonds is 2. The highest BCUT2D eigenvalue weighted by atomic mass is 79.9. The van der Waals surface area contributed by atoms with Gasteiger partial charge in [0, 0.05) is 0 Å². The second-order valence-electron chi connectivity index (χ2n) is 4.59. The number of ether oxygens (including phenoxy) is 1. The quantitative estimate of drug-likeness (QED) is 0.382. The highest BCUT2D eigenvalue weighted by Gasteiger charge is 2.39. The topological polar surface area (TPSA) is 104 Å². The van der Waals surface area contributed by atoms with Crippen molar-refractivity contribution in [2.75, 3.05) is 0 Å². The molecule has 0 heterocycles. The van der Waals surface area contributed by atoms with Crippen molar-refractivity contribution in [1.82, 2.24) is 0 Å². The van der Waals surface area contributed by atoms with Crippen LogP contribution in [-0.4, -0.2) is 0 Å². The Morgan fingerprint density at radius 1 is 0.630 bits per heavy atom. The summed E-state index contributed by atoms with van der Waals surface area (Å²) in [7, 11) is 0. The van der Waals surface area contributed by atoms with Crippen LogP contribution >= 0.6 is 31.9 Å². The van der Waals surface area contributed by atoms with Crippen molar-refractivity contribution < 1.29 is 22.3 Å². The van der Waals surface area contributed by atoms with Crippen LogP contribution in [0.5, 0.6) is 0 Å². The van der Waals surface area contributed by atoms with Gasteiger partial charge in [-0.1, -0.05) is 0 Å². The van der Waals surface area contributed by atoms with Gasteiger partial charge in [-0.2, -0.15) is 21.0 Å². The van der Waals surface area contributed by atoms with Crippen LogP contribution in [0.2, 0.25) is 0 Å². The zero-order chi connectivity index (χ0) is 20.5. The summed E-state index contributed by atoms with van der Waals surface area (Å²) < 4.78 is 60.8. The van der Waals surface area contributed by atoms with E-state index in [0.29, 0.717) is 0 Å². The molecule has 132 valence electrons. The summed E-state index contributed by atoms with van der Waals surface area (Å²) in [6, 6.07) is 5.20. The molecule has 0 bridgehead atoms. The van der Waals surface area contributed by atoms with E-state index in [1.165, 1.54) is 24.3 Å². The van der Waals surface area contributed by atoms with Crippen molar-refractivity contribution in [2.45, 2.75) is 0 Å². The van der Waals surface area contributed by atoms with Crippen molar-refractivity contribution in [1.29, 1.82) is 21.0 Å². The molecule has 0 aromatic heterocycles. The van der Waals surface area contributed by atoms with Crippen molar-refractivity contribution in [2.24, 2.45) is 0 Å². The number of hydrogen-bond donors (Lipinski definition) is 0. The van der Waals surface area contributed by atoms with Crippen LogP contribution in [0.25, 0.3) is 0 Å². The van der Waals surface area contributed by atoms with Crippen molar-refractivity contribution in [3.63, 3.8) is 0 Å². The van der Waals surface area contributed by atoms with E-state index in [1.807, 2.05) is 0 Å². The maximum atomic E-state index is 14.5. The molecule has 2 aliphatic carbocycles. The van der Waals surface area contributed by atoms with E-state index < -0.39 is 66.1 Å². The lowest BCUT2D eigenvalue weighted by molar-refractivity contribution is 0.307. The molecule has 0 radical (unpaired) electrons. The highest BCUT2D eigenvalue weighted by Crippen LogP contribution is 2.49. The Balaban J connectivity index is 2.69. The fraction of sp³-hybridized carbons (Fsp3) is 0. The molecule has 2 rings (SSSR count). The third kappa shape index (κ3) is 3.08. The molecule has 0 aromatic carbocycles. The van der Waals surface area contributed by atoms with E-state index in [2.05, 4.69) is 31.9 Å². The number of hydrogen-bond acceptors (Lipinski definition) is 5. The first-order chi connectivity index (χ1) is 12.7. The first-order valence-corrected chi connectivity index (χ1v) is 8.02. The second kappa shape index (κ2) is 7.63. The molecule has 2 aliphatic rings. The Morgan fingerprint density at radius 3 is 1.19 bits per heavy atom. The average Bonchev–Trinajstić information content (AvgIpc) is 2.99. The van der Waals surface area contributed by atoms with Crippen molar-refractivity contribution >= 4 is 31.9 Å². The minimum absolute atomic E-state index is 0.683. The second-order valence-corrected chi connectivity index (χ2v) is 6.18. The van der Waals surface area contributed by atoms with E-state index in [4.69, 9.17) is 25.8 Å². The smallest absolute Gasteiger partial charge is 0.181 e. The Bertz CT molecular complexity index is 1020. The maximum absolute atomic E-state index is 14.5. The zero-order valence-corrected chi connectivity index (χ0v) is 15.6. The van der Waals surface area contributed by atoms with Crippen LogP contribution in [0.4, 0.5) is 17.6 Å². The van der Waals surface area contributed by atoms with Crippen LogP contribution < -0.4 is 0 Å². The predicted molar refractivity (Wildman–Crippen MR) is 88.0 cm³/mol. The molecular weight excluding hydrogens is 500 g/mol. The minimum atomic E-state index is -1.50. The summed E-state index contributed by atoms with van der Waals surface area (Å²) in [5, 5.41) is 35.1. The molecule has 5 nitrogen and oxygen atoms in total. The van der Waals surface area contributed by atoms with Crippen LogP contribution in [0.3, 0.4) is 0 Å². The molecule has 0 spiro atoms. The minimum Gasteiger partial charge on any atom is -0.449 e. The van der Waals surface area contributed by atoms with E-state index in [0.717, 1.165) is 0 Å². The van der Waals surface area contributed by atoms with Crippen LogP contribution in [0, 0.1) is 45.3 Å². The van der Waals surface area contributed by atoms with Crippen molar-refractivity contribution in [3.05, 3.63) is 66.1 Å². The molecule has 0 unspecified atom stereocenters. The first kappa shape index (κ1) is 20.2. The normalized spacial score (nSPS) is 16.4. The summed E-state index contributed by atoms with van der Waals surface area (Å²) >= 11 is 5.31.